The molecule has 0 radical (unpaired) electrons. The van der Waals surface area contributed by atoms with Gasteiger partial charge in [-0.2, -0.15) is 8.42 Å². The number of rotatable bonds is 5. The first kappa shape index (κ1) is 12.0. The van der Waals surface area contributed by atoms with Crippen LogP contribution in [0.1, 0.15) is 5.56 Å². The largest absolute Gasteiger partial charge is 0.384 e. The second-order valence-electron chi connectivity index (χ2n) is 3.09. The Kier molecular flexibility index (Phi) is 4.07. The van der Waals surface area contributed by atoms with Crippen LogP contribution >= 0.6 is 0 Å². The van der Waals surface area contributed by atoms with Gasteiger partial charge in [-0.3, -0.25) is 4.72 Å². The third kappa shape index (κ3) is 4.78. The van der Waals surface area contributed by atoms with Gasteiger partial charge in [-0.05, 0) is 24.1 Å². The van der Waals surface area contributed by atoms with E-state index in [4.69, 9.17) is 9.88 Å². The average Bonchev–Trinajstić information content (AvgIpc) is 2.14. The number of hydrogen-bond acceptors (Lipinski definition) is 3. The van der Waals surface area contributed by atoms with Crippen molar-refractivity contribution < 1.29 is 13.2 Å². The molecule has 0 bridgehead atoms. The van der Waals surface area contributed by atoms with Gasteiger partial charge in [-0.15, -0.1) is 0 Å². The summed E-state index contributed by atoms with van der Waals surface area (Å²) in [6.45, 7) is 0.641. The molecule has 0 saturated heterocycles. The summed E-state index contributed by atoms with van der Waals surface area (Å²) in [5, 5.41) is 4.83. The fourth-order valence-electron chi connectivity index (χ4n) is 1.12. The van der Waals surface area contributed by atoms with Crippen LogP contribution in [0.4, 0.5) is 5.69 Å². The highest BCUT2D eigenvalue weighted by atomic mass is 32.2. The summed E-state index contributed by atoms with van der Waals surface area (Å²) in [5.41, 5.74) is 1.54. The SMILES string of the molecule is COCCc1ccc(NS(N)(=O)=O)cc1. The molecule has 0 aliphatic heterocycles. The van der Waals surface area contributed by atoms with Crippen LogP contribution in [0, 0.1) is 0 Å². The lowest BCUT2D eigenvalue weighted by molar-refractivity contribution is 0.202. The molecule has 5 nitrogen and oxygen atoms in total. The molecule has 0 aliphatic carbocycles. The smallest absolute Gasteiger partial charge is 0.296 e. The molecule has 0 atom stereocenters. The number of hydrogen-bond donors (Lipinski definition) is 2. The first-order valence-electron chi connectivity index (χ1n) is 4.40. The Morgan fingerprint density at radius 1 is 1.33 bits per heavy atom. The van der Waals surface area contributed by atoms with E-state index in [-0.39, 0.29) is 0 Å². The van der Waals surface area contributed by atoms with E-state index in [1.165, 1.54) is 0 Å². The van der Waals surface area contributed by atoms with Crippen molar-refractivity contribution in [3.8, 4) is 0 Å². The standard InChI is InChI=1S/C9H14N2O3S/c1-14-7-6-8-2-4-9(5-3-8)11-15(10,12)13/h2-5,11H,6-7H2,1H3,(H2,10,12,13). The normalized spacial score (nSPS) is 11.3. The van der Waals surface area contributed by atoms with Crippen molar-refractivity contribution in [2.75, 3.05) is 18.4 Å². The summed E-state index contributed by atoms with van der Waals surface area (Å²) < 4.78 is 28.5. The first-order valence-corrected chi connectivity index (χ1v) is 5.94. The zero-order chi connectivity index (χ0) is 11.3. The van der Waals surface area contributed by atoms with Crippen molar-refractivity contribution >= 4 is 15.9 Å². The van der Waals surface area contributed by atoms with Gasteiger partial charge in [-0.25, -0.2) is 5.14 Å². The summed E-state index contributed by atoms with van der Waals surface area (Å²) in [6.07, 6.45) is 0.798. The van der Waals surface area contributed by atoms with E-state index >= 15 is 0 Å². The molecule has 84 valence electrons. The number of nitrogens with one attached hydrogen (secondary N) is 1. The van der Waals surface area contributed by atoms with Crippen molar-refractivity contribution in [2.45, 2.75) is 6.42 Å². The molecular weight excluding hydrogens is 216 g/mol. The second-order valence-corrected chi connectivity index (χ2v) is 4.38. The fraction of sp³-hybridized carbons (Fsp3) is 0.333. The predicted octanol–water partition coefficient (Wildman–Crippen LogP) is 0.491. The van der Waals surface area contributed by atoms with E-state index in [0.29, 0.717) is 12.3 Å². The highest BCUT2D eigenvalue weighted by Crippen LogP contribution is 2.10. The van der Waals surface area contributed by atoms with Crippen molar-refractivity contribution in [2.24, 2.45) is 5.14 Å². The van der Waals surface area contributed by atoms with E-state index in [9.17, 15) is 8.42 Å². The van der Waals surface area contributed by atoms with E-state index in [1.54, 1.807) is 19.2 Å². The molecule has 0 heterocycles. The molecule has 0 aliphatic rings. The summed E-state index contributed by atoms with van der Waals surface area (Å²) in [4.78, 5) is 0. The second kappa shape index (κ2) is 5.11. The number of ether oxygens (including phenoxy) is 1. The molecule has 0 saturated carbocycles. The maximum atomic E-state index is 10.7. The summed E-state index contributed by atoms with van der Waals surface area (Å²) >= 11 is 0. The Labute approximate surface area is 89.4 Å². The Bertz CT molecular complexity index is 400. The molecule has 0 amide bonds. The van der Waals surface area contributed by atoms with E-state index in [0.717, 1.165) is 12.0 Å². The fourth-order valence-corrected chi connectivity index (χ4v) is 1.59. The Balaban J connectivity index is 2.64. The lowest BCUT2D eigenvalue weighted by atomic mass is 10.1. The van der Waals surface area contributed by atoms with Gasteiger partial charge in [0.05, 0.1) is 6.61 Å². The van der Waals surface area contributed by atoms with Crippen LogP contribution < -0.4 is 9.86 Å². The molecule has 0 unspecified atom stereocenters. The zero-order valence-corrected chi connectivity index (χ0v) is 9.25. The lowest BCUT2D eigenvalue weighted by Gasteiger charge is -2.04. The van der Waals surface area contributed by atoms with E-state index in [1.807, 2.05) is 12.1 Å². The molecular formula is C9H14N2O3S. The van der Waals surface area contributed by atoms with Crippen LogP contribution in [0.15, 0.2) is 24.3 Å². The minimum Gasteiger partial charge on any atom is -0.384 e. The van der Waals surface area contributed by atoms with Crippen molar-refractivity contribution in [1.29, 1.82) is 0 Å². The maximum Gasteiger partial charge on any atom is 0.296 e. The quantitative estimate of drug-likeness (QED) is 0.772. The van der Waals surface area contributed by atoms with Crippen LogP contribution in [0.25, 0.3) is 0 Å². The molecule has 1 rings (SSSR count). The Morgan fingerprint density at radius 2 is 1.93 bits per heavy atom. The van der Waals surface area contributed by atoms with Crippen LogP contribution in [-0.2, 0) is 21.4 Å². The average molecular weight is 230 g/mol. The van der Waals surface area contributed by atoms with Gasteiger partial charge in [0.15, 0.2) is 0 Å². The van der Waals surface area contributed by atoms with E-state index in [2.05, 4.69) is 4.72 Å². The minimum absolute atomic E-state index is 0.457. The van der Waals surface area contributed by atoms with Gasteiger partial charge in [-0.1, -0.05) is 12.1 Å². The highest BCUT2D eigenvalue weighted by molar-refractivity contribution is 7.90. The van der Waals surface area contributed by atoms with Crippen LogP contribution in [0.2, 0.25) is 0 Å². The van der Waals surface area contributed by atoms with Gasteiger partial charge < -0.3 is 4.74 Å². The van der Waals surface area contributed by atoms with Crippen molar-refractivity contribution in [3.63, 3.8) is 0 Å². The number of anilines is 1. The lowest BCUT2D eigenvalue weighted by Crippen LogP contribution is -2.21. The minimum atomic E-state index is -3.68. The Morgan fingerprint density at radius 3 is 2.40 bits per heavy atom. The Hall–Kier alpha value is -1.11. The summed E-state index contributed by atoms with van der Waals surface area (Å²) in [7, 11) is -2.05. The number of methoxy groups -OCH3 is 1. The predicted molar refractivity (Wildman–Crippen MR) is 58.8 cm³/mol. The molecule has 15 heavy (non-hydrogen) atoms. The topological polar surface area (TPSA) is 81.4 Å². The number of benzene rings is 1. The van der Waals surface area contributed by atoms with Gasteiger partial charge in [0.25, 0.3) is 10.2 Å². The van der Waals surface area contributed by atoms with Gasteiger partial charge in [0.1, 0.15) is 0 Å². The van der Waals surface area contributed by atoms with Crippen molar-refractivity contribution in [3.05, 3.63) is 29.8 Å². The molecule has 0 fully saturated rings. The highest BCUT2D eigenvalue weighted by Gasteiger charge is 2.01. The first-order chi connectivity index (χ1) is 7.01. The molecule has 6 heteroatoms. The van der Waals surface area contributed by atoms with Gasteiger partial charge >= 0.3 is 0 Å². The summed E-state index contributed by atoms with van der Waals surface area (Å²) in [5.74, 6) is 0. The van der Waals surface area contributed by atoms with Crippen molar-refractivity contribution in [1.82, 2.24) is 0 Å². The van der Waals surface area contributed by atoms with Gasteiger partial charge in [0.2, 0.25) is 0 Å². The van der Waals surface area contributed by atoms with E-state index < -0.39 is 10.2 Å². The third-order valence-electron chi connectivity index (χ3n) is 1.81. The van der Waals surface area contributed by atoms with Crippen LogP contribution in [0.5, 0.6) is 0 Å². The molecule has 1 aromatic rings. The van der Waals surface area contributed by atoms with Gasteiger partial charge in [0, 0.05) is 12.8 Å². The third-order valence-corrected chi connectivity index (χ3v) is 2.33. The molecule has 3 N–H and O–H groups in total. The maximum absolute atomic E-state index is 10.7. The zero-order valence-electron chi connectivity index (χ0n) is 8.43. The number of nitrogens with two attached hydrogens (primary N) is 1. The summed E-state index contributed by atoms with van der Waals surface area (Å²) in [6, 6.07) is 6.98. The van der Waals surface area contributed by atoms with Crippen LogP contribution in [0.3, 0.4) is 0 Å². The van der Waals surface area contributed by atoms with Crippen LogP contribution in [-0.4, -0.2) is 22.1 Å². The molecule has 0 aromatic heterocycles. The monoisotopic (exact) mass is 230 g/mol. The molecule has 1 aromatic carbocycles. The molecule has 0 spiro atoms.